The summed E-state index contributed by atoms with van der Waals surface area (Å²) < 4.78 is 33.4. The van der Waals surface area contributed by atoms with Crippen LogP contribution in [0.15, 0.2) is 18.2 Å². The predicted octanol–water partition coefficient (Wildman–Crippen LogP) is 2.99. The molecule has 1 aromatic heterocycles. The highest BCUT2D eigenvalue weighted by molar-refractivity contribution is 6.48. The van der Waals surface area contributed by atoms with E-state index in [0.29, 0.717) is 25.1 Å². The lowest BCUT2D eigenvalue weighted by atomic mass is 9.91. The van der Waals surface area contributed by atoms with Crippen LogP contribution in [0.2, 0.25) is 5.02 Å². The van der Waals surface area contributed by atoms with Gasteiger partial charge in [-0.15, -0.1) is 0 Å². The monoisotopic (exact) mass is 476 g/mol. The maximum atomic E-state index is 13.5. The molecule has 1 aromatic carbocycles. The summed E-state index contributed by atoms with van der Waals surface area (Å²) >= 11 is 6.41. The number of nitrogens with zero attached hydrogens (tertiary/aromatic N) is 2. The second kappa shape index (κ2) is 8.92. The fourth-order valence-electron chi connectivity index (χ4n) is 4.13. The third-order valence-electron chi connectivity index (χ3n) is 5.85. The van der Waals surface area contributed by atoms with Gasteiger partial charge in [-0.1, -0.05) is 11.6 Å². The number of hydrogen-bond donors (Lipinski definition) is 2. The van der Waals surface area contributed by atoms with Gasteiger partial charge in [0.2, 0.25) is 0 Å². The average Bonchev–Trinajstić information content (AvgIpc) is 3.35. The van der Waals surface area contributed by atoms with E-state index in [9.17, 15) is 28.4 Å². The van der Waals surface area contributed by atoms with Gasteiger partial charge in [0.05, 0.1) is 16.7 Å². The van der Waals surface area contributed by atoms with Crippen molar-refractivity contribution in [3.05, 3.63) is 51.8 Å². The number of carbonyl (C=O) groups is 3. The van der Waals surface area contributed by atoms with Gasteiger partial charge in [0.1, 0.15) is 11.2 Å². The number of benzene rings is 1. The van der Waals surface area contributed by atoms with Crippen LogP contribution in [-0.4, -0.2) is 40.9 Å². The molecule has 2 aliphatic heterocycles. The molecule has 0 radical (unpaired) electrons. The van der Waals surface area contributed by atoms with Crippen LogP contribution >= 0.6 is 11.6 Å². The number of rotatable bonds is 5. The Bertz CT molecular complexity index is 1200. The van der Waals surface area contributed by atoms with E-state index in [4.69, 9.17) is 16.3 Å². The van der Waals surface area contributed by atoms with Gasteiger partial charge in [-0.25, -0.2) is 8.78 Å². The summed E-state index contributed by atoms with van der Waals surface area (Å²) in [6.45, 7) is 0.925. The number of aromatic nitrogens is 1. The number of fused-ring (bicyclic) bond motifs is 1. The molecule has 2 aromatic rings. The Balaban J connectivity index is 1.62. The van der Waals surface area contributed by atoms with E-state index in [1.807, 2.05) is 0 Å². The molecule has 1 saturated heterocycles. The molecule has 2 amide bonds. The first-order valence-corrected chi connectivity index (χ1v) is 10.7. The van der Waals surface area contributed by atoms with E-state index in [-0.39, 0.29) is 48.0 Å². The highest BCUT2D eigenvalue weighted by atomic mass is 35.5. The molecule has 172 valence electrons. The van der Waals surface area contributed by atoms with Crippen molar-refractivity contribution in [1.82, 2.24) is 9.88 Å². The van der Waals surface area contributed by atoms with Gasteiger partial charge in [-0.3, -0.25) is 14.4 Å². The summed E-state index contributed by atoms with van der Waals surface area (Å²) in [5.74, 6) is -4.87. The topological polar surface area (TPSA) is 113 Å². The quantitative estimate of drug-likeness (QED) is 0.509. The van der Waals surface area contributed by atoms with Crippen molar-refractivity contribution in [2.45, 2.75) is 37.8 Å². The Morgan fingerprint density at radius 2 is 1.91 bits per heavy atom. The van der Waals surface area contributed by atoms with Crippen molar-refractivity contribution < 1.29 is 27.9 Å². The molecule has 1 fully saturated rings. The highest BCUT2D eigenvalue weighted by Gasteiger charge is 2.39. The van der Waals surface area contributed by atoms with Crippen molar-refractivity contribution in [3.8, 4) is 6.07 Å². The predicted molar refractivity (Wildman–Crippen MR) is 113 cm³/mol. The molecule has 0 unspecified atom stereocenters. The van der Waals surface area contributed by atoms with Crippen LogP contribution in [0, 0.1) is 23.0 Å². The van der Waals surface area contributed by atoms with Crippen molar-refractivity contribution in [2.75, 3.05) is 18.5 Å². The summed E-state index contributed by atoms with van der Waals surface area (Å²) in [4.78, 5) is 38.7. The molecule has 33 heavy (non-hydrogen) atoms. The summed E-state index contributed by atoms with van der Waals surface area (Å²) in [6, 6.07) is 4.94. The fourth-order valence-corrected chi connectivity index (χ4v) is 4.51. The normalized spacial score (nSPS) is 16.5. The van der Waals surface area contributed by atoms with E-state index in [2.05, 4.69) is 16.7 Å². The molecule has 0 saturated carbocycles. The maximum Gasteiger partial charge on any atom is 0.295 e. The number of halogens is 3. The van der Waals surface area contributed by atoms with Gasteiger partial charge in [-0.05, 0) is 25.0 Å². The van der Waals surface area contributed by atoms with Crippen molar-refractivity contribution in [3.63, 3.8) is 0 Å². The lowest BCUT2D eigenvalue weighted by Gasteiger charge is -2.31. The van der Waals surface area contributed by atoms with E-state index in [1.54, 1.807) is 0 Å². The number of ketones is 1. The van der Waals surface area contributed by atoms with Crippen molar-refractivity contribution in [1.29, 1.82) is 5.26 Å². The van der Waals surface area contributed by atoms with Crippen LogP contribution in [-0.2, 0) is 22.5 Å². The van der Waals surface area contributed by atoms with Gasteiger partial charge in [0.25, 0.3) is 17.6 Å². The number of carbonyl (C=O) groups excluding carboxylic acids is 3. The SMILES string of the molecule is N#CC1(NC(=O)C(=O)c2c(Cl)c(C(=O)Nc3ccc(F)c(F)c3)c3n2CCC3)CCOCC1. The first kappa shape index (κ1) is 22.9. The first-order chi connectivity index (χ1) is 15.8. The summed E-state index contributed by atoms with van der Waals surface area (Å²) in [5.41, 5.74) is -0.884. The molecule has 0 aliphatic carbocycles. The van der Waals surface area contributed by atoms with Gasteiger partial charge in [0.15, 0.2) is 11.6 Å². The zero-order chi connectivity index (χ0) is 23.8. The number of Topliss-reactive ketones (excluding diaryl/α,β-unsaturated/α-hetero) is 1. The lowest BCUT2D eigenvalue weighted by molar-refractivity contribution is -0.119. The number of nitrogens with one attached hydrogen (secondary N) is 2. The lowest BCUT2D eigenvalue weighted by Crippen LogP contribution is -2.53. The minimum absolute atomic E-state index is 0.00360. The Morgan fingerprint density at radius 3 is 2.58 bits per heavy atom. The second-order valence-corrected chi connectivity index (χ2v) is 8.29. The summed E-state index contributed by atoms with van der Waals surface area (Å²) in [7, 11) is 0. The van der Waals surface area contributed by atoms with Crippen molar-refractivity contribution >= 4 is 34.9 Å². The first-order valence-electron chi connectivity index (χ1n) is 10.3. The summed E-state index contributed by atoms with van der Waals surface area (Å²) in [6.07, 6.45) is 1.54. The van der Waals surface area contributed by atoms with Crippen LogP contribution < -0.4 is 10.6 Å². The molecule has 11 heteroatoms. The van der Waals surface area contributed by atoms with E-state index < -0.39 is 34.8 Å². The van der Waals surface area contributed by atoms with E-state index in [0.717, 1.165) is 12.1 Å². The molecule has 2 N–H and O–H groups in total. The third-order valence-corrected chi connectivity index (χ3v) is 6.21. The molecule has 0 atom stereocenters. The zero-order valence-corrected chi connectivity index (χ0v) is 18.1. The van der Waals surface area contributed by atoms with Crippen LogP contribution in [0.1, 0.15) is 45.8 Å². The molecule has 2 aliphatic rings. The number of nitriles is 1. The number of anilines is 1. The Labute approximate surface area is 192 Å². The Kier molecular flexibility index (Phi) is 6.19. The minimum Gasteiger partial charge on any atom is -0.381 e. The average molecular weight is 477 g/mol. The number of ether oxygens (including phenoxy) is 1. The Hall–Kier alpha value is -3.29. The largest absolute Gasteiger partial charge is 0.381 e. The molecule has 0 bridgehead atoms. The van der Waals surface area contributed by atoms with Gasteiger partial charge >= 0.3 is 0 Å². The molecule has 4 rings (SSSR count). The van der Waals surface area contributed by atoms with Gasteiger partial charge in [-0.2, -0.15) is 5.26 Å². The van der Waals surface area contributed by atoms with E-state index >= 15 is 0 Å². The van der Waals surface area contributed by atoms with Crippen LogP contribution in [0.3, 0.4) is 0 Å². The van der Waals surface area contributed by atoms with Crippen LogP contribution in [0.4, 0.5) is 14.5 Å². The number of amides is 2. The minimum atomic E-state index is -1.22. The molecule has 3 heterocycles. The van der Waals surface area contributed by atoms with Gasteiger partial charge in [0, 0.05) is 50.0 Å². The summed E-state index contributed by atoms with van der Waals surface area (Å²) in [5, 5.41) is 14.3. The highest BCUT2D eigenvalue weighted by Crippen LogP contribution is 2.34. The number of hydrogen-bond acceptors (Lipinski definition) is 5. The van der Waals surface area contributed by atoms with E-state index in [1.165, 1.54) is 10.6 Å². The second-order valence-electron chi connectivity index (χ2n) is 7.91. The smallest absolute Gasteiger partial charge is 0.295 e. The van der Waals surface area contributed by atoms with Crippen molar-refractivity contribution in [2.24, 2.45) is 0 Å². The maximum absolute atomic E-state index is 13.5. The molecular formula is C22H19ClF2N4O4. The fraction of sp³-hybridized carbons (Fsp3) is 0.364. The molecular weight excluding hydrogens is 458 g/mol. The van der Waals surface area contributed by atoms with Gasteiger partial charge < -0.3 is 19.9 Å². The van der Waals surface area contributed by atoms with Crippen LogP contribution in [0.5, 0.6) is 0 Å². The standard InChI is InChI=1S/C22H19ClF2N4O4/c23-17-16(20(31)27-12-3-4-13(24)14(25)10-12)15-2-1-7-29(15)18(17)19(30)21(32)28-22(11-26)5-8-33-9-6-22/h3-4,10H,1-2,5-9H2,(H,27,31)(H,28,32). The third kappa shape index (κ3) is 4.21. The molecule has 0 spiro atoms. The zero-order valence-electron chi connectivity index (χ0n) is 17.3. The van der Waals surface area contributed by atoms with Crippen LogP contribution in [0.25, 0.3) is 0 Å². The molecule has 8 nitrogen and oxygen atoms in total. The Morgan fingerprint density at radius 1 is 1.18 bits per heavy atom.